The van der Waals surface area contributed by atoms with Gasteiger partial charge in [0.25, 0.3) is 0 Å². The second kappa shape index (κ2) is 7.54. The quantitative estimate of drug-likeness (QED) is 0.735. The van der Waals surface area contributed by atoms with Crippen LogP contribution in [0.3, 0.4) is 0 Å². The predicted octanol–water partition coefficient (Wildman–Crippen LogP) is 4.15. The fraction of sp³-hybridized carbons (Fsp3) is 0.733. The lowest BCUT2D eigenvalue weighted by molar-refractivity contribution is 0.411. The first-order chi connectivity index (χ1) is 8.11. The van der Waals surface area contributed by atoms with Crippen LogP contribution in [0.1, 0.15) is 58.5 Å². The molecule has 2 heteroatoms. The SMILES string of the molecule is CCc1ccc(CNC(C)CCCC(C)C)o1. The third-order valence-corrected chi connectivity index (χ3v) is 3.11. The van der Waals surface area contributed by atoms with E-state index in [9.17, 15) is 0 Å². The van der Waals surface area contributed by atoms with Crippen LogP contribution in [0, 0.1) is 5.92 Å². The zero-order valence-corrected chi connectivity index (χ0v) is 11.8. The molecular weight excluding hydrogens is 210 g/mol. The van der Waals surface area contributed by atoms with Gasteiger partial charge in [-0.25, -0.2) is 0 Å². The fourth-order valence-electron chi connectivity index (χ4n) is 1.92. The number of hydrogen-bond donors (Lipinski definition) is 1. The van der Waals surface area contributed by atoms with E-state index >= 15 is 0 Å². The van der Waals surface area contributed by atoms with Crippen molar-refractivity contribution in [3.63, 3.8) is 0 Å². The molecule has 0 spiro atoms. The van der Waals surface area contributed by atoms with Crippen molar-refractivity contribution >= 4 is 0 Å². The predicted molar refractivity (Wildman–Crippen MR) is 73.1 cm³/mol. The molecule has 1 heterocycles. The Kier molecular flexibility index (Phi) is 6.35. The molecule has 0 saturated carbocycles. The molecule has 1 aromatic rings. The third-order valence-electron chi connectivity index (χ3n) is 3.11. The van der Waals surface area contributed by atoms with E-state index in [-0.39, 0.29) is 0 Å². The van der Waals surface area contributed by atoms with E-state index in [1.54, 1.807) is 0 Å². The lowest BCUT2D eigenvalue weighted by atomic mass is 10.0. The molecule has 0 saturated heterocycles. The van der Waals surface area contributed by atoms with Crippen molar-refractivity contribution in [1.82, 2.24) is 5.32 Å². The molecule has 0 amide bonds. The molecule has 1 N–H and O–H groups in total. The van der Waals surface area contributed by atoms with E-state index < -0.39 is 0 Å². The van der Waals surface area contributed by atoms with Crippen molar-refractivity contribution in [2.45, 2.75) is 66.0 Å². The first kappa shape index (κ1) is 14.3. The average molecular weight is 237 g/mol. The zero-order valence-electron chi connectivity index (χ0n) is 11.8. The van der Waals surface area contributed by atoms with Crippen LogP contribution in [0.15, 0.2) is 16.5 Å². The summed E-state index contributed by atoms with van der Waals surface area (Å²) in [6, 6.07) is 4.72. The summed E-state index contributed by atoms with van der Waals surface area (Å²) in [7, 11) is 0. The van der Waals surface area contributed by atoms with Gasteiger partial charge in [-0.3, -0.25) is 0 Å². The average Bonchev–Trinajstić information content (AvgIpc) is 2.73. The normalized spacial score (nSPS) is 13.2. The second-order valence-corrected chi connectivity index (χ2v) is 5.33. The van der Waals surface area contributed by atoms with Crippen LogP contribution in [0.4, 0.5) is 0 Å². The molecule has 2 nitrogen and oxygen atoms in total. The lowest BCUT2D eigenvalue weighted by Crippen LogP contribution is -2.25. The fourth-order valence-corrected chi connectivity index (χ4v) is 1.92. The van der Waals surface area contributed by atoms with E-state index in [0.29, 0.717) is 6.04 Å². The summed E-state index contributed by atoms with van der Waals surface area (Å²) < 4.78 is 5.66. The van der Waals surface area contributed by atoms with E-state index in [1.807, 2.05) is 0 Å². The number of nitrogens with one attached hydrogen (secondary N) is 1. The number of aryl methyl sites for hydroxylation is 1. The highest BCUT2D eigenvalue weighted by Crippen LogP contribution is 2.10. The van der Waals surface area contributed by atoms with Gasteiger partial charge in [0.15, 0.2) is 0 Å². The van der Waals surface area contributed by atoms with Gasteiger partial charge in [0.1, 0.15) is 11.5 Å². The molecule has 0 fully saturated rings. The first-order valence-electron chi connectivity index (χ1n) is 6.92. The molecule has 1 aromatic heterocycles. The standard InChI is InChI=1S/C15H27NO/c1-5-14-9-10-15(17-14)11-16-13(4)8-6-7-12(2)3/h9-10,12-13,16H,5-8,11H2,1-4H3. The lowest BCUT2D eigenvalue weighted by Gasteiger charge is -2.13. The molecule has 0 aromatic carbocycles. The number of furan rings is 1. The summed E-state index contributed by atoms with van der Waals surface area (Å²) in [5.74, 6) is 2.95. The first-order valence-corrected chi connectivity index (χ1v) is 6.92. The van der Waals surface area contributed by atoms with Gasteiger partial charge in [0.2, 0.25) is 0 Å². The van der Waals surface area contributed by atoms with Crippen molar-refractivity contribution in [3.8, 4) is 0 Å². The highest BCUT2D eigenvalue weighted by atomic mass is 16.3. The molecule has 98 valence electrons. The smallest absolute Gasteiger partial charge is 0.117 e. The van der Waals surface area contributed by atoms with E-state index in [1.165, 1.54) is 19.3 Å². The Morgan fingerprint density at radius 2 is 1.82 bits per heavy atom. The largest absolute Gasteiger partial charge is 0.465 e. The Bertz CT molecular complexity index is 304. The van der Waals surface area contributed by atoms with Crippen molar-refractivity contribution in [3.05, 3.63) is 23.7 Å². The molecule has 0 bridgehead atoms. The van der Waals surface area contributed by atoms with Gasteiger partial charge in [-0.1, -0.05) is 33.6 Å². The van der Waals surface area contributed by atoms with Gasteiger partial charge >= 0.3 is 0 Å². The summed E-state index contributed by atoms with van der Waals surface area (Å²) in [6.45, 7) is 9.79. The van der Waals surface area contributed by atoms with Gasteiger partial charge in [-0.2, -0.15) is 0 Å². The topological polar surface area (TPSA) is 25.2 Å². The van der Waals surface area contributed by atoms with E-state index in [0.717, 1.165) is 30.4 Å². The van der Waals surface area contributed by atoms with Crippen molar-refractivity contribution in [2.24, 2.45) is 5.92 Å². The van der Waals surface area contributed by atoms with Crippen molar-refractivity contribution in [1.29, 1.82) is 0 Å². The van der Waals surface area contributed by atoms with Gasteiger partial charge in [-0.05, 0) is 31.4 Å². The highest BCUT2D eigenvalue weighted by Gasteiger charge is 2.05. The Morgan fingerprint density at radius 3 is 2.41 bits per heavy atom. The molecule has 0 aliphatic rings. The highest BCUT2D eigenvalue weighted by molar-refractivity contribution is 5.06. The van der Waals surface area contributed by atoms with Crippen LogP contribution < -0.4 is 5.32 Å². The van der Waals surface area contributed by atoms with E-state index in [2.05, 4.69) is 45.1 Å². The molecule has 1 unspecified atom stereocenters. The molecule has 0 aliphatic heterocycles. The van der Waals surface area contributed by atoms with Gasteiger partial charge in [-0.15, -0.1) is 0 Å². The van der Waals surface area contributed by atoms with Gasteiger partial charge in [0, 0.05) is 12.5 Å². The minimum absolute atomic E-state index is 0.573. The number of rotatable bonds is 8. The molecule has 1 rings (SSSR count). The van der Waals surface area contributed by atoms with Crippen molar-refractivity contribution in [2.75, 3.05) is 0 Å². The summed E-state index contributed by atoms with van der Waals surface area (Å²) in [6.07, 6.45) is 4.86. The summed E-state index contributed by atoms with van der Waals surface area (Å²) in [5.41, 5.74) is 0. The Hall–Kier alpha value is -0.760. The monoisotopic (exact) mass is 237 g/mol. The number of hydrogen-bond acceptors (Lipinski definition) is 2. The Morgan fingerprint density at radius 1 is 1.12 bits per heavy atom. The second-order valence-electron chi connectivity index (χ2n) is 5.33. The Balaban J connectivity index is 2.16. The van der Waals surface area contributed by atoms with Gasteiger partial charge in [0.05, 0.1) is 6.54 Å². The molecule has 17 heavy (non-hydrogen) atoms. The van der Waals surface area contributed by atoms with Crippen LogP contribution in [0.5, 0.6) is 0 Å². The zero-order chi connectivity index (χ0) is 12.7. The molecule has 1 atom stereocenters. The summed E-state index contributed by atoms with van der Waals surface area (Å²) >= 11 is 0. The Labute approximate surface area is 106 Å². The molecule has 0 aliphatic carbocycles. The van der Waals surface area contributed by atoms with E-state index in [4.69, 9.17) is 4.42 Å². The van der Waals surface area contributed by atoms with Crippen LogP contribution >= 0.6 is 0 Å². The van der Waals surface area contributed by atoms with Crippen LogP contribution in [-0.2, 0) is 13.0 Å². The molecular formula is C15H27NO. The van der Waals surface area contributed by atoms with Crippen LogP contribution in [0.2, 0.25) is 0 Å². The van der Waals surface area contributed by atoms with Gasteiger partial charge < -0.3 is 9.73 Å². The van der Waals surface area contributed by atoms with Crippen LogP contribution in [-0.4, -0.2) is 6.04 Å². The third kappa shape index (κ3) is 5.92. The van der Waals surface area contributed by atoms with Crippen molar-refractivity contribution < 1.29 is 4.42 Å². The summed E-state index contributed by atoms with van der Waals surface area (Å²) in [5, 5.41) is 3.52. The maximum atomic E-state index is 5.66. The van der Waals surface area contributed by atoms with Crippen LogP contribution in [0.25, 0.3) is 0 Å². The minimum Gasteiger partial charge on any atom is -0.465 e. The summed E-state index contributed by atoms with van der Waals surface area (Å²) in [4.78, 5) is 0. The maximum absolute atomic E-state index is 5.66. The maximum Gasteiger partial charge on any atom is 0.117 e. The molecule has 0 radical (unpaired) electrons. The minimum atomic E-state index is 0.573.